The van der Waals surface area contributed by atoms with Crippen LogP contribution in [-0.4, -0.2) is 26.2 Å². The standard InChI is InChI=1S/C13H10N4O2/c18-13(19)17-10-3-9(5-14-6-10)11-4-8-1-2-15-12(8)7-16-11/h1-7,15,17H,(H,18,19). The second kappa shape index (κ2) is 4.41. The molecule has 3 aromatic rings. The summed E-state index contributed by atoms with van der Waals surface area (Å²) >= 11 is 0. The number of H-pyrrole nitrogens is 1. The normalized spacial score (nSPS) is 10.5. The molecule has 3 aromatic heterocycles. The minimum absolute atomic E-state index is 0.418. The van der Waals surface area contributed by atoms with Crippen molar-refractivity contribution in [1.82, 2.24) is 15.0 Å². The Balaban J connectivity index is 2.02. The maximum absolute atomic E-state index is 10.6. The minimum Gasteiger partial charge on any atom is -0.465 e. The minimum atomic E-state index is -1.12. The Morgan fingerprint density at radius 2 is 2.16 bits per heavy atom. The van der Waals surface area contributed by atoms with Gasteiger partial charge in [-0.1, -0.05) is 0 Å². The summed E-state index contributed by atoms with van der Waals surface area (Å²) in [5.41, 5.74) is 2.88. The van der Waals surface area contributed by atoms with Crippen molar-refractivity contribution in [2.45, 2.75) is 0 Å². The number of anilines is 1. The number of carboxylic acid groups (broad SMARTS) is 1. The van der Waals surface area contributed by atoms with Crippen LogP contribution in [0.2, 0.25) is 0 Å². The fourth-order valence-corrected chi connectivity index (χ4v) is 1.88. The Bertz CT molecular complexity index is 751. The van der Waals surface area contributed by atoms with Gasteiger partial charge in [0.25, 0.3) is 0 Å². The molecular formula is C13H10N4O2. The first-order chi connectivity index (χ1) is 9.22. The molecule has 94 valence electrons. The summed E-state index contributed by atoms with van der Waals surface area (Å²) in [6, 6.07) is 5.57. The lowest BCUT2D eigenvalue weighted by Gasteiger charge is -2.04. The molecule has 19 heavy (non-hydrogen) atoms. The van der Waals surface area contributed by atoms with Gasteiger partial charge in [-0.2, -0.15) is 0 Å². The van der Waals surface area contributed by atoms with Crippen molar-refractivity contribution in [2.75, 3.05) is 5.32 Å². The zero-order chi connectivity index (χ0) is 13.2. The van der Waals surface area contributed by atoms with Crippen LogP contribution in [0.25, 0.3) is 22.2 Å². The van der Waals surface area contributed by atoms with Gasteiger partial charge in [-0.15, -0.1) is 0 Å². The molecule has 0 aliphatic heterocycles. The summed E-state index contributed by atoms with van der Waals surface area (Å²) in [7, 11) is 0. The maximum atomic E-state index is 10.6. The molecule has 0 unspecified atom stereocenters. The molecule has 0 aromatic carbocycles. The van der Waals surface area contributed by atoms with E-state index in [0.29, 0.717) is 5.69 Å². The summed E-state index contributed by atoms with van der Waals surface area (Å²) in [6.07, 6.45) is 5.56. The van der Waals surface area contributed by atoms with Crippen molar-refractivity contribution < 1.29 is 9.90 Å². The van der Waals surface area contributed by atoms with Crippen molar-refractivity contribution in [3.63, 3.8) is 0 Å². The largest absolute Gasteiger partial charge is 0.465 e. The Morgan fingerprint density at radius 3 is 3.00 bits per heavy atom. The summed E-state index contributed by atoms with van der Waals surface area (Å²) in [4.78, 5) is 22.0. The fourth-order valence-electron chi connectivity index (χ4n) is 1.88. The highest BCUT2D eigenvalue weighted by Gasteiger charge is 2.05. The topological polar surface area (TPSA) is 90.9 Å². The smallest absolute Gasteiger partial charge is 0.409 e. The molecule has 0 bridgehead atoms. The van der Waals surface area contributed by atoms with Crippen LogP contribution >= 0.6 is 0 Å². The van der Waals surface area contributed by atoms with Gasteiger partial charge in [-0.25, -0.2) is 4.79 Å². The summed E-state index contributed by atoms with van der Waals surface area (Å²) in [5.74, 6) is 0. The number of pyridine rings is 2. The lowest BCUT2D eigenvalue weighted by molar-refractivity contribution is 0.209. The Labute approximate surface area is 108 Å². The molecule has 1 amide bonds. The molecule has 0 radical (unpaired) electrons. The number of fused-ring (bicyclic) bond motifs is 1. The zero-order valence-electron chi connectivity index (χ0n) is 9.79. The van der Waals surface area contributed by atoms with Gasteiger partial charge < -0.3 is 10.1 Å². The third kappa shape index (κ3) is 2.23. The number of hydrogen-bond donors (Lipinski definition) is 3. The molecular weight excluding hydrogens is 244 g/mol. The fraction of sp³-hybridized carbons (Fsp3) is 0. The van der Waals surface area contributed by atoms with E-state index in [1.54, 1.807) is 18.5 Å². The lowest BCUT2D eigenvalue weighted by Crippen LogP contribution is -2.07. The van der Waals surface area contributed by atoms with E-state index >= 15 is 0 Å². The van der Waals surface area contributed by atoms with E-state index in [1.807, 2.05) is 18.3 Å². The molecule has 6 heteroatoms. The molecule has 0 saturated heterocycles. The van der Waals surface area contributed by atoms with Gasteiger partial charge in [-0.05, 0) is 18.2 Å². The molecule has 3 N–H and O–H groups in total. The number of carbonyl (C=O) groups is 1. The van der Waals surface area contributed by atoms with E-state index in [4.69, 9.17) is 5.11 Å². The molecule has 3 heterocycles. The van der Waals surface area contributed by atoms with E-state index in [1.165, 1.54) is 6.20 Å². The maximum Gasteiger partial charge on any atom is 0.409 e. The first kappa shape index (κ1) is 11.2. The van der Waals surface area contributed by atoms with Gasteiger partial charge in [0.15, 0.2) is 0 Å². The van der Waals surface area contributed by atoms with Crippen LogP contribution in [0.4, 0.5) is 10.5 Å². The van der Waals surface area contributed by atoms with Crippen LogP contribution in [-0.2, 0) is 0 Å². The molecule has 3 rings (SSSR count). The molecule has 0 saturated carbocycles. The van der Waals surface area contributed by atoms with Crippen LogP contribution in [0.1, 0.15) is 0 Å². The van der Waals surface area contributed by atoms with Crippen molar-refractivity contribution in [2.24, 2.45) is 0 Å². The number of aromatic nitrogens is 3. The predicted molar refractivity (Wildman–Crippen MR) is 71.0 cm³/mol. The van der Waals surface area contributed by atoms with E-state index in [2.05, 4.69) is 20.3 Å². The van der Waals surface area contributed by atoms with E-state index in [0.717, 1.165) is 22.2 Å². The predicted octanol–water partition coefficient (Wildman–Crippen LogP) is 2.71. The summed E-state index contributed by atoms with van der Waals surface area (Å²) < 4.78 is 0. The second-order valence-corrected chi connectivity index (χ2v) is 4.03. The van der Waals surface area contributed by atoms with Gasteiger partial charge in [0, 0.05) is 23.3 Å². The number of nitrogens with one attached hydrogen (secondary N) is 2. The van der Waals surface area contributed by atoms with Gasteiger partial charge in [0.1, 0.15) is 0 Å². The van der Waals surface area contributed by atoms with Crippen molar-refractivity contribution >= 4 is 22.7 Å². The van der Waals surface area contributed by atoms with Gasteiger partial charge in [-0.3, -0.25) is 15.3 Å². The third-order valence-corrected chi connectivity index (χ3v) is 2.72. The quantitative estimate of drug-likeness (QED) is 0.655. The SMILES string of the molecule is O=C(O)Nc1cncc(-c2cc3cc[nH]c3cn2)c1. The Kier molecular flexibility index (Phi) is 2.60. The number of nitrogens with zero attached hydrogens (tertiary/aromatic N) is 2. The van der Waals surface area contributed by atoms with Crippen LogP contribution in [0.5, 0.6) is 0 Å². The number of amides is 1. The zero-order valence-corrected chi connectivity index (χ0v) is 9.79. The summed E-state index contributed by atoms with van der Waals surface area (Å²) in [5, 5.41) is 12.0. The van der Waals surface area contributed by atoms with Gasteiger partial charge in [0.2, 0.25) is 0 Å². The average molecular weight is 254 g/mol. The highest BCUT2D eigenvalue weighted by molar-refractivity contribution is 5.85. The Hall–Kier alpha value is -2.89. The number of rotatable bonds is 2. The molecule has 0 fully saturated rings. The Morgan fingerprint density at radius 1 is 1.26 bits per heavy atom. The van der Waals surface area contributed by atoms with Crippen molar-refractivity contribution in [3.05, 3.63) is 43.0 Å². The van der Waals surface area contributed by atoms with Crippen LogP contribution in [0.3, 0.4) is 0 Å². The monoisotopic (exact) mass is 254 g/mol. The highest BCUT2D eigenvalue weighted by Crippen LogP contribution is 2.22. The van der Waals surface area contributed by atoms with Crippen LogP contribution < -0.4 is 5.32 Å². The first-order valence-electron chi connectivity index (χ1n) is 5.61. The van der Waals surface area contributed by atoms with Crippen LogP contribution in [0.15, 0.2) is 43.0 Å². The first-order valence-corrected chi connectivity index (χ1v) is 5.61. The lowest BCUT2D eigenvalue weighted by atomic mass is 10.1. The van der Waals surface area contributed by atoms with Gasteiger partial charge in [0.05, 0.1) is 29.3 Å². The van der Waals surface area contributed by atoms with E-state index in [-0.39, 0.29) is 0 Å². The second-order valence-electron chi connectivity index (χ2n) is 4.03. The van der Waals surface area contributed by atoms with Crippen molar-refractivity contribution in [1.29, 1.82) is 0 Å². The van der Waals surface area contributed by atoms with Crippen molar-refractivity contribution in [3.8, 4) is 11.3 Å². The highest BCUT2D eigenvalue weighted by atomic mass is 16.4. The van der Waals surface area contributed by atoms with Crippen LogP contribution in [0, 0.1) is 0 Å². The van der Waals surface area contributed by atoms with Gasteiger partial charge >= 0.3 is 6.09 Å². The number of hydrogen-bond acceptors (Lipinski definition) is 3. The van der Waals surface area contributed by atoms with E-state index in [9.17, 15) is 4.79 Å². The molecule has 0 aliphatic rings. The third-order valence-electron chi connectivity index (χ3n) is 2.72. The molecule has 0 spiro atoms. The molecule has 0 atom stereocenters. The van der Waals surface area contributed by atoms with E-state index < -0.39 is 6.09 Å². The molecule has 0 aliphatic carbocycles. The average Bonchev–Trinajstić information content (AvgIpc) is 2.85. The summed E-state index contributed by atoms with van der Waals surface area (Å²) in [6.45, 7) is 0. The molecule has 6 nitrogen and oxygen atoms in total. The number of aromatic amines is 1.